The minimum absolute atomic E-state index is 0.586. The summed E-state index contributed by atoms with van der Waals surface area (Å²) >= 11 is 3.35. The largest absolute Gasteiger partial charge is 0.496 e. The molecular formula is C12H18BrNO3S. The lowest BCUT2D eigenvalue weighted by Crippen LogP contribution is -2.42. The standard InChI is InChI=1S/C12H18BrNO3S/c1-12(2,18(4,15)16)11(14)9-7-8(13)5-6-10(9)17-3/h5-7,11H,14H2,1-4H3. The van der Waals surface area contributed by atoms with Gasteiger partial charge in [-0.25, -0.2) is 8.42 Å². The summed E-state index contributed by atoms with van der Waals surface area (Å²) in [6.07, 6.45) is 1.19. The summed E-state index contributed by atoms with van der Waals surface area (Å²) in [5.74, 6) is 0.586. The van der Waals surface area contributed by atoms with Crippen molar-refractivity contribution in [2.75, 3.05) is 13.4 Å². The first-order valence-corrected chi connectivity index (χ1v) is 8.08. The number of halogens is 1. The molecule has 6 heteroatoms. The predicted molar refractivity (Wildman–Crippen MR) is 76.5 cm³/mol. The van der Waals surface area contributed by atoms with Crippen LogP contribution in [0.2, 0.25) is 0 Å². The third kappa shape index (κ3) is 2.87. The Balaban J connectivity index is 3.35. The van der Waals surface area contributed by atoms with Crippen molar-refractivity contribution in [3.8, 4) is 5.75 Å². The average Bonchev–Trinajstić information content (AvgIpc) is 2.26. The third-order valence-electron chi connectivity index (χ3n) is 3.23. The van der Waals surface area contributed by atoms with Crippen molar-refractivity contribution in [2.24, 2.45) is 5.73 Å². The van der Waals surface area contributed by atoms with Crippen molar-refractivity contribution in [2.45, 2.75) is 24.6 Å². The molecule has 0 saturated heterocycles. The maximum atomic E-state index is 11.8. The van der Waals surface area contributed by atoms with Crippen molar-refractivity contribution in [1.82, 2.24) is 0 Å². The average molecular weight is 336 g/mol. The number of sulfone groups is 1. The molecule has 102 valence electrons. The molecule has 1 atom stereocenters. The Morgan fingerprint density at radius 1 is 1.39 bits per heavy atom. The van der Waals surface area contributed by atoms with E-state index in [1.165, 1.54) is 13.4 Å². The van der Waals surface area contributed by atoms with Gasteiger partial charge in [0.25, 0.3) is 0 Å². The van der Waals surface area contributed by atoms with E-state index in [-0.39, 0.29) is 0 Å². The van der Waals surface area contributed by atoms with Crippen molar-refractivity contribution in [3.05, 3.63) is 28.2 Å². The van der Waals surface area contributed by atoms with Crippen LogP contribution in [0.5, 0.6) is 5.75 Å². The molecule has 0 aliphatic heterocycles. The van der Waals surface area contributed by atoms with Crippen LogP contribution < -0.4 is 10.5 Å². The van der Waals surface area contributed by atoms with Gasteiger partial charge in [0, 0.05) is 16.3 Å². The van der Waals surface area contributed by atoms with Crippen LogP contribution in [0.1, 0.15) is 25.5 Å². The van der Waals surface area contributed by atoms with Crippen LogP contribution in [0.4, 0.5) is 0 Å². The summed E-state index contributed by atoms with van der Waals surface area (Å²) < 4.78 is 28.6. The fraction of sp³-hybridized carbons (Fsp3) is 0.500. The number of ether oxygens (including phenoxy) is 1. The van der Waals surface area contributed by atoms with Gasteiger partial charge in [0.1, 0.15) is 5.75 Å². The summed E-state index contributed by atoms with van der Waals surface area (Å²) in [6, 6.07) is 4.70. The molecule has 0 aliphatic carbocycles. The zero-order chi connectivity index (χ0) is 14.1. The molecule has 0 aliphatic rings. The predicted octanol–water partition coefficient (Wildman–Crippen LogP) is 2.28. The summed E-state index contributed by atoms with van der Waals surface area (Å²) in [6.45, 7) is 3.24. The minimum atomic E-state index is -3.28. The second-order valence-electron chi connectivity index (χ2n) is 4.74. The van der Waals surface area contributed by atoms with Crippen molar-refractivity contribution in [1.29, 1.82) is 0 Å². The number of hydrogen-bond donors (Lipinski definition) is 1. The highest BCUT2D eigenvalue weighted by atomic mass is 79.9. The molecule has 2 N–H and O–H groups in total. The molecule has 0 radical (unpaired) electrons. The van der Waals surface area contributed by atoms with E-state index in [1.54, 1.807) is 26.0 Å². The lowest BCUT2D eigenvalue weighted by Gasteiger charge is -2.30. The van der Waals surface area contributed by atoms with Crippen molar-refractivity contribution in [3.63, 3.8) is 0 Å². The summed E-state index contributed by atoms with van der Waals surface area (Å²) in [5.41, 5.74) is 6.79. The fourth-order valence-electron chi connectivity index (χ4n) is 1.55. The smallest absolute Gasteiger partial charge is 0.154 e. The molecule has 4 nitrogen and oxygen atoms in total. The first-order chi connectivity index (χ1) is 8.11. The zero-order valence-electron chi connectivity index (χ0n) is 10.9. The summed E-state index contributed by atoms with van der Waals surface area (Å²) in [7, 11) is -1.75. The molecular weight excluding hydrogens is 318 g/mol. The van der Waals surface area contributed by atoms with Gasteiger partial charge in [0.05, 0.1) is 17.9 Å². The molecule has 1 rings (SSSR count). The van der Waals surface area contributed by atoms with Gasteiger partial charge in [-0.2, -0.15) is 0 Å². The SMILES string of the molecule is COc1ccc(Br)cc1C(N)C(C)(C)S(C)(=O)=O. The first kappa shape index (κ1) is 15.5. The molecule has 0 amide bonds. The Morgan fingerprint density at radius 3 is 2.39 bits per heavy atom. The highest BCUT2D eigenvalue weighted by molar-refractivity contribution is 9.10. The van der Waals surface area contributed by atoms with Crippen LogP contribution >= 0.6 is 15.9 Å². The summed E-state index contributed by atoms with van der Waals surface area (Å²) in [5, 5.41) is 0. The number of methoxy groups -OCH3 is 1. The van der Waals surface area contributed by atoms with E-state index in [2.05, 4.69) is 15.9 Å². The lowest BCUT2D eigenvalue weighted by atomic mass is 9.95. The second kappa shape index (κ2) is 5.19. The van der Waals surface area contributed by atoms with E-state index in [4.69, 9.17) is 10.5 Å². The van der Waals surface area contributed by atoms with E-state index < -0.39 is 20.6 Å². The number of hydrogen-bond acceptors (Lipinski definition) is 4. The first-order valence-electron chi connectivity index (χ1n) is 5.40. The molecule has 0 bridgehead atoms. The molecule has 0 spiro atoms. The quantitative estimate of drug-likeness (QED) is 0.916. The van der Waals surface area contributed by atoms with Crippen LogP contribution in [0.15, 0.2) is 22.7 Å². The normalized spacial score (nSPS) is 14.3. The second-order valence-corrected chi connectivity index (χ2v) is 8.25. The van der Waals surface area contributed by atoms with E-state index >= 15 is 0 Å². The molecule has 0 aromatic heterocycles. The van der Waals surface area contributed by atoms with E-state index in [0.29, 0.717) is 11.3 Å². The minimum Gasteiger partial charge on any atom is -0.496 e. The van der Waals surface area contributed by atoms with E-state index in [9.17, 15) is 8.42 Å². The van der Waals surface area contributed by atoms with Crippen LogP contribution in [0, 0.1) is 0 Å². The molecule has 1 aromatic carbocycles. The van der Waals surface area contributed by atoms with Crippen LogP contribution in [0.25, 0.3) is 0 Å². The van der Waals surface area contributed by atoms with E-state index in [1.807, 2.05) is 6.07 Å². The van der Waals surface area contributed by atoms with E-state index in [0.717, 1.165) is 4.47 Å². The number of rotatable bonds is 4. The molecule has 0 heterocycles. The monoisotopic (exact) mass is 335 g/mol. The maximum Gasteiger partial charge on any atom is 0.154 e. The van der Waals surface area contributed by atoms with Crippen LogP contribution in [0.3, 0.4) is 0 Å². The van der Waals surface area contributed by atoms with Gasteiger partial charge in [-0.3, -0.25) is 0 Å². The van der Waals surface area contributed by atoms with Gasteiger partial charge in [-0.05, 0) is 32.0 Å². The van der Waals surface area contributed by atoms with Crippen LogP contribution in [-0.4, -0.2) is 26.5 Å². The fourth-order valence-corrected chi connectivity index (χ4v) is 2.52. The molecule has 1 unspecified atom stereocenters. The Morgan fingerprint density at radius 2 is 1.94 bits per heavy atom. The van der Waals surface area contributed by atoms with Gasteiger partial charge in [0.15, 0.2) is 9.84 Å². The Bertz CT molecular complexity index is 540. The Hall–Kier alpha value is -0.590. The van der Waals surface area contributed by atoms with Crippen molar-refractivity contribution < 1.29 is 13.2 Å². The van der Waals surface area contributed by atoms with Gasteiger partial charge in [0.2, 0.25) is 0 Å². The van der Waals surface area contributed by atoms with Crippen LogP contribution in [-0.2, 0) is 9.84 Å². The Labute approximate surface area is 117 Å². The zero-order valence-corrected chi connectivity index (χ0v) is 13.3. The topological polar surface area (TPSA) is 69.4 Å². The van der Waals surface area contributed by atoms with Gasteiger partial charge in [-0.15, -0.1) is 0 Å². The van der Waals surface area contributed by atoms with Gasteiger partial charge in [-0.1, -0.05) is 15.9 Å². The molecule has 1 aromatic rings. The summed E-state index contributed by atoms with van der Waals surface area (Å²) in [4.78, 5) is 0. The highest BCUT2D eigenvalue weighted by Gasteiger charge is 2.39. The maximum absolute atomic E-state index is 11.8. The number of nitrogens with two attached hydrogens (primary N) is 1. The molecule has 18 heavy (non-hydrogen) atoms. The van der Waals surface area contributed by atoms with Crippen molar-refractivity contribution >= 4 is 25.8 Å². The lowest BCUT2D eigenvalue weighted by molar-refractivity contribution is 0.398. The van der Waals surface area contributed by atoms with Gasteiger partial charge >= 0.3 is 0 Å². The third-order valence-corrected chi connectivity index (χ3v) is 5.89. The number of benzene rings is 1. The highest BCUT2D eigenvalue weighted by Crippen LogP contribution is 2.36. The Kier molecular flexibility index (Phi) is 4.46. The molecule has 0 saturated carbocycles. The van der Waals surface area contributed by atoms with Gasteiger partial charge < -0.3 is 10.5 Å². The molecule has 0 fully saturated rings.